The first-order valence-electron chi connectivity index (χ1n) is 6.84. The van der Waals surface area contributed by atoms with Crippen molar-refractivity contribution in [2.24, 2.45) is 5.73 Å². The lowest BCUT2D eigenvalue weighted by Gasteiger charge is -2.37. The molecule has 0 atom stereocenters. The molecule has 0 bridgehead atoms. The monoisotopic (exact) mass is 248 g/mol. The highest BCUT2D eigenvalue weighted by Crippen LogP contribution is 2.22. The Balaban J connectivity index is 2.00. The normalized spacial score (nSPS) is 17.9. The lowest BCUT2D eigenvalue weighted by molar-refractivity contribution is 0.221. The van der Waals surface area contributed by atoms with Crippen molar-refractivity contribution in [3.8, 4) is 0 Å². The molecule has 1 aromatic heterocycles. The molecule has 4 heteroatoms. The Morgan fingerprint density at radius 1 is 1.44 bits per heavy atom. The van der Waals surface area contributed by atoms with Gasteiger partial charge in [0.15, 0.2) is 0 Å². The van der Waals surface area contributed by atoms with Crippen LogP contribution in [0.5, 0.6) is 0 Å². The van der Waals surface area contributed by atoms with Gasteiger partial charge in [0.05, 0.1) is 5.69 Å². The van der Waals surface area contributed by atoms with Gasteiger partial charge in [-0.25, -0.2) is 0 Å². The maximum absolute atomic E-state index is 5.65. The van der Waals surface area contributed by atoms with Gasteiger partial charge >= 0.3 is 0 Å². The van der Waals surface area contributed by atoms with E-state index in [0.717, 1.165) is 5.69 Å². The van der Waals surface area contributed by atoms with E-state index in [1.807, 2.05) is 6.20 Å². The van der Waals surface area contributed by atoms with Gasteiger partial charge in [-0.15, -0.1) is 0 Å². The van der Waals surface area contributed by atoms with Crippen LogP contribution in [0.2, 0.25) is 0 Å². The zero-order chi connectivity index (χ0) is 13.0. The molecule has 1 aromatic rings. The Labute approximate surface area is 110 Å². The van der Waals surface area contributed by atoms with Crippen LogP contribution in [0.25, 0.3) is 0 Å². The standard InChI is InChI=1S/C14H24N4/c1-3-18-8-5-13(6-9-18)17(2)14-4-7-16-12(10-14)11-15/h4,7,10,13H,3,5-6,8-9,11,15H2,1-2H3. The summed E-state index contributed by atoms with van der Waals surface area (Å²) in [6, 6.07) is 4.82. The van der Waals surface area contributed by atoms with Crippen molar-refractivity contribution in [2.45, 2.75) is 32.4 Å². The van der Waals surface area contributed by atoms with Crippen LogP contribution in [0.1, 0.15) is 25.5 Å². The van der Waals surface area contributed by atoms with E-state index in [1.165, 1.54) is 38.2 Å². The second-order valence-corrected chi connectivity index (χ2v) is 4.99. The van der Waals surface area contributed by atoms with Crippen LogP contribution in [0.15, 0.2) is 18.3 Å². The van der Waals surface area contributed by atoms with Crippen LogP contribution in [-0.4, -0.2) is 42.6 Å². The van der Waals surface area contributed by atoms with Gasteiger partial charge in [0.2, 0.25) is 0 Å². The summed E-state index contributed by atoms with van der Waals surface area (Å²) in [6.45, 7) is 6.33. The summed E-state index contributed by atoms with van der Waals surface area (Å²) in [5.41, 5.74) is 7.85. The predicted molar refractivity (Wildman–Crippen MR) is 75.7 cm³/mol. The number of hydrogen-bond acceptors (Lipinski definition) is 4. The summed E-state index contributed by atoms with van der Waals surface area (Å²) >= 11 is 0. The van der Waals surface area contributed by atoms with Crippen molar-refractivity contribution < 1.29 is 0 Å². The molecular weight excluding hydrogens is 224 g/mol. The fourth-order valence-electron chi connectivity index (χ4n) is 2.63. The van der Waals surface area contributed by atoms with Crippen LogP contribution >= 0.6 is 0 Å². The summed E-state index contributed by atoms with van der Waals surface area (Å²) in [5, 5.41) is 0. The highest BCUT2D eigenvalue weighted by molar-refractivity contribution is 5.46. The molecule has 2 rings (SSSR count). The number of hydrogen-bond donors (Lipinski definition) is 1. The average Bonchev–Trinajstić information content (AvgIpc) is 2.46. The Bertz CT molecular complexity index is 372. The number of aromatic nitrogens is 1. The minimum Gasteiger partial charge on any atom is -0.371 e. The molecule has 4 nitrogen and oxygen atoms in total. The second-order valence-electron chi connectivity index (χ2n) is 4.99. The maximum atomic E-state index is 5.65. The SMILES string of the molecule is CCN1CCC(N(C)c2ccnc(CN)c2)CC1. The molecule has 18 heavy (non-hydrogen) atoms. The van der Waals surface area contributed by atoms with Gasteiger partial charge in [-0.3, -0.25) is 4.98 Å². The summed E-state index contributed by atoms with van der Waals surface area (Å²) < 4.78 is 0. The third-order valence-electron chi connectivity index (χ3n) is 3.97. The second kappa shape index (κ2) is 6.16. The quantitative estimate of drug-likeness (QED) is 0.876. The zero-order valence-corrected chi connectivity index (χ0v) is 11.5. The Morgan fingerprint density at radius 2 is 2.17 bits per heavy atom. The molecule has 2 N–H and O–H groups in total. The Kier molecular flexibility index (Phi) is 4.55. The number of rotatable bonds is 4. The van der Waals surface area contributed by atoms with Crippen LogP contribution in [0.3, 0.4) is 0 Å². The van der Waals surface area contributed by atoms with E-state index in [2.05, 4.69) is 40.9 Å². The van der Waals surface area contributed by atoms with Crippen LogP contribution < -0.4 is 10.6 Å². The molecule has 0 spiro atoms. The molecule has 1 fully saturated rings. The molecule has 0 aliphatic carbocycles. The molecule has 100 valence electrons. The summed E-state index contributed by atoms with van der Waals surface area (Å²) in [7, 11) is 2.18. The van der Waals surface area contributed by atoms with E-state index in [1.54, 1.807) is 0 Å². The molecule has 0 aromatic carbocycles. The van der Waals surface area contributed by atoms with E-state index in [-0.39, 0.29) is 0 Å². The van der Waals surface area contributed by atoms with Gasteiger partial charge in [0.25, 0.3) is 0 Å². The molecule has 0 radical (unpaired) electrons. The zero-order valence-electron chi connectivity index (χ0n) is 11.5. The van der Waals surface area contributed by atoms with Gasteiger partial charge in [-0.2, -0.15) is 0 Å². The van der Waals surface area contributed by atoms with E-state index < -0.39 is 0 Å². The summed E-state index contributed by atoms with van der Waals surface area (Å²) in [5.74, 6) is 0. The lowest BCUT2D eigenvalue weighted by Crippen LogP contribution is -2.43. The van der Waals surface area contributed by atoms with Crippen molar-refractivity contribution in [3.05, 3.63) is 24.0 Å². The topological polar surface area (TPSA) is 45.4 Å². The number of nitrogens with zero attached hydrogens (tertiary/aromatic N) is 3. The highest BCUT2D eigenvalue weighted by Gasteiger charge is 2.21. The smallest absolute Gasteiger partial charge is 0.0560 e. The predicted octanol–water partition coefficient (Wildman–Crippen LogP) is 1.46. The first kappa shape index (κ1) is 13.3. The molecule has 1 aliphatic rings. The van der Waals surface area contributed by atoms with Crippen molar-refractivity contribution in [1.29, 1.82) is 0 Å². The highest BCUT2D eigenvalue weighted by atomic mass is 15.2. The van der Waals surface area contributed by atoms with Crippen LogP contribution in [0.4, 0.5) is 5.69 Å². The van der Waals surface area contributed by atoms with E-state index >= 15 is 0 Å². The van der Waals surface area contributed by atoms with Crippen molar-refractivity contribution in [1.82, 2.24) is 9.88 Å². The Morgan fingerprint density at radius 3 is 2.78 bits per heavy atom. The van der Waals surface area contributed by atoms with Crippen molar-refractivity contribution >= 4 is 5.69 Å². The van der Waals surface area contributed by atoms with Crippen LogP contribution in [0, 0.1) is 0 Å². The number of pyridine rings is 1. The van der Waals surface area contributed by atoms with Gasteiger partial charge in [-0.05, 0) is 31.5 Å². The third-order valence-corrected chi connectivity index (χ3v) is 3.97. The number of likely N-dealkylation sites (tertiary alicyclic amines) is 1. The minimum absolute atomic E-state index is 0.510. The molecule has 0 saturated carbocycles. The number of anilines is 1. The van der Waals surface area contributed by atoms with E-state index in [0.29, 0.717) is 12.6 Å². The molecule has 1 aliphatic heterocycles. The largest absolute Gasteiger partial charge is 0.371 e. The summed E-state index contributed by atoms with van der Waals surface area (Å²) in [6.07, 6.45) is 4.34. The average molecular weight is 248 g/mol. The molecule has 0 amide bonds. The molecule has 2 heterocycles. The molecule has 0 unspecified atom stereocenters. The van der Waals surface area contributed by atoms with Gasteiger partial charge in [0, 0.05) is 44.6 Å². The third kappa shape index (κ3) is 3.00. The minimum atomic E-state index is 0.510. The van der Waals surface area contributed by atoms with E-state index in [9.17, 15) is 0 Å². The van der Waals surface area contributed by atoms with Gasteiger partial charge < -0.3 is 15.5 Å². The first-order valence-corrected chi connectivity index (χ1v) is 6.84. The van der Waals surface area contributed by atoms with Crippen molar-refractivity contribution in [2.75, 3.05) is 31.6 Å². The number of nitrogens with two attached hydrogens (primary N) is 1. The summed E-state index contributed by atoms with van der Waals surface area (Å²) in [4.78, 5) is 9.15. The fourth-order valence-corrected chi connectivity index (χ4v) is 2.63. The molecular formula is C14H24N4. The van der Waals surface area contributed by atoms with Crippen molar-refractivity contribution in [3.63, 3.8) is 0 Å². The van der Waals surface area contributed by atoms with Gasteiger partial charge in [0.1, 0.15) is 0 Å². The van der Waals surface area contributed by atoms with Gasteiger partial charge in [-0.1, -0.05) is 6.92 Å². The lowest BCUT2D eigenvalue weighted by atomic mass is 10.0. The first-order chi connectivity index (χ1) is 8.74. The van der Waals surface area contributed by atoms with E-state index in [4.69, 9.17) is 5.73 Å². The molecule has 1 saturated heterocycles. The van der Waals surface area contributed by atoms with Crippen LogP contribution in [-0.2, 0) is 6.54 Å². The fraction of sp³-hybridized carbons (Fsp3) is 0.643. The maximum Gasteiger partial charge on any atom is 0.0560 e. The Hall–Kier alpha value is -1.13. The number of piperidine rings is 1.